The highest BCUT2D eigenvalue weighted by atomic mass is 19.4. The predicted octanol–water partition coefficient (Wildman–Crippen LogP) is 3.84. The summed E-state index contributed by atoms with van der Waals surface area (Å²) in [5.41, 5.74) is -3.18. The van der Waals surface area contributed by atoms with E-state index in [0.29, 0.717) is 4.68 Å². The number of alkyl carbamates (subject to hydrolysis) is 1. The number of nitro groups is 1. The Morgan fingerprint density at radius 3 is 2.48 bits per heavy atom. The first kappa shape index (κ1) is 24.7. The van der Waals surface area contributed by atoms with Crippen LogP contribution < -0.4 is 10.1 Å². The molecule has 1 aliphatic rings. The van der Waals surface area contributed by atoms with Crippen molar-refractivity contribution >= 4 is 11.8 Å². The lowest BCUT2D eigenvalue weighted by atomic mass is 10.1. The summed E-state index contributed by atoms with van der Waals surface area (Å²) < 4.78 is 57.1. The summed E-state index contributed by atoms with van der Waals surface area (Å²) in [5.74, 6) is -0.713. The van der Waals surface area contributed by atoms with E-state index in [2.05, 4.69) is 10.4 Å². The summed E-state index contributed by atoms with van der Waals surface area (Å²) in [4.78, 5) is 22.1. The number of nitrogens with one attached hydrogen (secondary N) is 1. The minimum absolute atomic E-state index is 0.0974. The highest BCUT2D eigenvalue weighted by Crippen LogP contribution is 2.43. The van der Waals surface area contributed by atoms with Gasteiger partial charge in [-0.25, -0.2) is 9.48 Å². The van der Waals surface area contributed by atoms with Crippen LogP contribution in [0.4, 0.5) is 23.7 Å². The number of halogens is 3. The van der Waals surface area contributed by atoms with Crippen LogP contribution in [0, 0.1) is 10.1 Å². The molecule has 1 N–H and O–H groups in total. The van der Waals surface area contributed by atoms with Crippen molar-refractivity contribution in [3.8, 4) is 5.88 Å². The van der Waals surface area contributed by atoms with Crippen LogP contribution in [-0.2, 0) is 15.7 Å². The van der Waals surface area contributed by atoms with Gasteiger partial charge in [-0.3, -0.25) is 10.1 Å². The molecule has 1 amide bonds. The quantitative estimate of drug-likeness (QED) is 0.493. The van der Waals surface area contributed by atoms with E-state index in [0.717, 1.165) is 0 Å². The summed E-state index contributed by atoms with van der Waals surface area (Å²) in [6.45, 7) is 7.12. The largest absolute Gasteiger partial charge is 0.472 e. The van der Waals surface area contributed by atoms with E-state index in [1.165, 1.54) is 0 Å². The van der Waals surface area contributed by atoms with E-state index in [4.69, 9.17) is 14.2 Å². The predicted molar refractivity (Wildman–Crippen MR) is 102 cm³/mol. The van der Waals surface area contributed by atoms with Crippen molar-refractivity contribution in [2.24, 2.45) is 0 Å². The van der Waals surface area contributed by atoms with Crippen molar-refractivity contribution in [1.82, 2.24) is 15.1 Å². The van der Waals surface area contributed by atoms with Gasteiger partial charge in [0.25, 0.3) is 0 Å². The summed E-state index contributed by atoms with van der Waals surface area (Å²) in [6.07, 6.45) is -5.70. The zero-order valence-corrected chi connectivity index (χ0v) is 17.8. The maximum absolute atomic E-state index is 13.7. The molecule has 1 aliphatic heterocycles. The average Bonchev–Trinajstić information content (AvgIpc) is 3.01. The highest BCUT2D eigenvalue weighted by Gasteiger charge is 2.48. The molecule has 0 bridgehead atoms. The molecule has 2 rings (SSSR count). The molecule has 2 heterocycles. The molecule has 0 aliphatic carbocycles. The number of hydrogen-bond acceptors (Lipinski definition) is 7. The maximum Gasteiger partial charge on any atom is 0.440 e. The Kier molecular flexibility index (Phi) is 7.73. The Morgan fingerprint density at radius 2 is 1.97 bits per heavy atom. The number of carbonyl (C=O) groups excluding carboxylic acids is 1. The minimum atomic E-state index is -4.99. The molecule has 1 aromatic heterocycles. The first-order valence-corrected chi connectivity index (χ1v) is 9.83. The van der Waals surface area contributed by atoms with Gasteiger partial charge in [0, 0.05) is 25.2 Å². The van der Waals surface area contributed by atoms with Crippen LogP contribution in [0.2, 0.25) is 0 Å². The zero-order chi connectivity index (χ0) is 23.4. The van der Waals surface area contributed by atoms with Crippen molar-refractivity contribution in [2.75, 3.05) is 19.8 Å². The molecule has 0 spiro atoms. The molecule has 0 radical (unpaired) electrons. The Morgan fingerprint density at radius 1 is 1.35 bits per heavy atom. The van der Waals surface area contributed by atoms with Crippen LogP contribution in [-0.4, -0.2) is 52.3 Å². The van der Waals surface area contributed by atoms with Crippen molar-refractivity contribution < 1.29 is 37.1 Å². The molecule has 10 nitrogen and oxygen atoms in total. The fraction of sp³-hybridized carbons (Fsp3) is 0.778. The second kappa shape index (κ2) is 9.71. The SMILES string of the molecule is C[C@H](CCOc1nn(C2CCOCC2)c(C(F)(F)F)c1[N+](=O)[O-])OC(=O)NC(C)(C)C. The number of aromatic nitrogens is 2. The lowest BCUT2D eigenvalue weighted by Gasteiger charge is -2.24. The smallest absolute Gasteiger partial charge is 0.440 e. The number of carbonyl (C=O) groups is 1. The third-order valence-corrected chi connectivity index (χ3v) is 4.39. The zero-order valence-electron chi connectivity index (χ0n) is 17.8. The summed E-state index contributed by atoms with van der Waals surface area (Å²) >= 11 is 0. The fourth-order valence-corrected chi connectivity index (χ4v) is 3.02. The molecular formula is C18H27F3N4O6. The second-order valence-corrected chi connectivity index (χ2v) is 8.27. The van der Waals surface area contributed by atoms with Gasteiger partial charge in [0.1, 0.15) is 6.10 Å². The molecule has 31 heavy (non-hydrogen) atoms. The number of alkyl halides is 3. The molecule has 1 saturated heterocycles. The van der Waals surface area contributed by atoms with E-state index >= 15 is 0 Å². The van der Waals surface area contributed by atoms with Gasteiger partial charge in [0.2, 0.25) is 5.69 Å². The first-order chi connectivity index (χ1) is 14.3. The van der Waals surface area contributed by atoms with E-state index in [1.54, 1.807) is 27.7 Å². The number of rotatable bonds is 7. The molecule has 0 aromatic carbocycles. The van der Waals surface area contributed by atoms with Crippen molar-refractivity contribution in [2.45, 2.75) is 70.8 Å². The van der Waals surface area contributed by atoms with E-state index in [1.807, 2.05) is 0 Å². The summed E-state index contributed by atoms with van der Waals surface area (Å²) in [7, 11) is 0. The van der Waals surface area contributed by atoms with Crippen molar-refractivity contribution in [3.63, 3.8) is 0 Å². The summed E-state index contributed by atoms with van der Waals surface area (Å²) in [5, 5.41) is 17.8. The van der Waals surface area contributed by atoms with Gasteiger partial charge in [-0.2, -0.15) is 13.2 Å². The third kappa shape index (κ3) is 6.97. The molecule has 13 heteroatoms. The molecule has 0 saturated carbocycles. The summed E-state index contributed by atoms with van der Waals surface area (Å²) in [6, 6.07) is -0.690. The Balaban J connectivity index is 2.14. The van der Waals surface area contributed by atoms with Gasteiger partial charge in [0.15, 0.2) is 0 Å². The second-order valence-electron chi connectivity index (χ2n) is 8.27. The van der Waals surface area contributed by atoms with Gasteiger partial charge in [0.05, 0.1) is 17.6 Å². The van der Waals surface area contributed by atoms with Crippen LogP contribution in [0.1, 0.15) is 58.7 Å². The number of hydrogen-bond donors (Lipinski definition) is 1. The standard InChI is InChI=1S/C18H27F3N4O6/c1-11(31-16(26)22-17(2,3)4)5-10-30-15-13(25(27)28)14(18(19,20)21)24(23-15)12-6-8-29-9-7-12/h11-12H,5-10H2,1-4H3,(H,22,26)/t11-/m1/s1. The van der Waals surface area contributed by atoms with Crippen molar-refractivity contribution in [1.29, 1.82) is 0 Å². The van der Waals surface area contributed by atoms with Crippen LogP contribution in [0.15, 0.2) is 0 Å². The number of ether oxygens (including phenoxy) is 3. The van der Waals surface area contributed by atoms with Crippen molar-refractivity contribution in [3.05, 3.63) is 15.8 Å². The number of amides is 1. The third-order valence-electron chi connectivity index (χ3n) is 4.39. The van der Waals surface area contributed by atoms with Crippen LogP contribution in [0.3, 0.4) is 0 Å². The lowest BCUT2D eigenvalue weighted by molar-refractivity contribution is -0.389. The Labute approximate surface area is 177 Å². The average molecular weight is 452 g/mol. The van der Waals surface area contributed by atoms with Crippen LogP contribution >= 0.6 is 0 Å². The molecule has 0 unspecified atom stereocenters. The molecule has 1 aromatic rings. The number of nitrogens with zero attached hydrogens (tertiary/aromatic N) is 3. The highest BCUT2D eigenvalue weighted by molar-refractivity contribution is 5.68. The Hall–Kier alpha value is -2.57. The molecular weight excluding hydrogens is 425 g/mol. The molecule has 176 valence electrons. The lowest BCUT2D eigenvalue weighted by Crippen LogP contribution is -2.42. The maximum atomic E-state index is 13.7. The van der Waals surface area contributed by atoms with E-state index in [9.17, 15) is 28.1 Å². The minimum Gasteiger partial charge on any atom is -0.472 e. The monoisotopic (exact) mass is 452 g/mol. The van der Waals surface area contributed by atoms with Gasteiger partial charge in [-0.1, -0.05) is 0 Å². The van der Waals surface area contributed by atoms with Gasteiger partial charge < -0.3 is 19.5 Å². The Bertz CT molecular complexity index is 784. The van der Waals surface area contributed by atoms with E-state index < -0.39 is 52.1 Å². The fourth-order valence-electron chi connectivity index (χ4n) is 3.02. The van der Waals surface area contributed by atoms with Gasteiger partial charge in [-0.15, -0.1) is 5.10 Å². The molecule has 1 atom stereocenters. The van der Waals surface area contributed by atoms with E-state index in [-0.39, 0.29) is 39.1 Å². The van der Waals surface area contributed by atoms with Gasteiger partial charge >= 0.3 is 23.8 Å². The topological polar surface area (TPSA) is 118 Å². The van der Waals surface area contributed by atoms with Gasteiger partial charge in [-0.05, 0) is 40.5 Å². The van der Waals surface area contributed by atoms with Crippen LogP contribution in [0.5, 0.6) is 5.88 Å². The normalized spacial score (nSPS) is 16.6. The molecule has 1 fully saturated rings. The van der Waals surface area contributed by atoms with Crippen LogP contribution in [0.25, 0.3) is 0 Å². The first-order valence-electron chi connectivity index (χ1n) is 9.83.